The Hall–Kier alpha value is -5.01. The zero-order chi connectivity index (χ0) is 33.4. The second-order valence-corrected chi connectivity index (χ2v) is 9.41. The van der Waals surface area contributed by atoms with Crippen molar-refractivity contribution >= 4 is 41.6 Å². The van der Waals surface area contributed by atoms with E-state index in [0.29, 0.717) is 50.4 Å². The number of aromatic nitrogens is 3. The zero-order valence-electron chi connectivity index (χ0n) is 25.6. The lowest BCUT2D eigenvalue weighted by Gasteiger charge is -2.36. The smallest absolute Gasteiger partial charge is 0.414 e. The average molecular weight is 630 g/mol. The molecule has 2 fully saturated rings. The maximum atomic E-state index is 14.7. The Balaban J connectivity index is 0.000000339. The molecule has 2 aliphatic heterocycles. The number of nitrogens with zero attached hydrogens (tertiary/aromatic N) is 7. The van der Waals surface area contributed by atoms with Gasteiger partial charge in [0.25, 0.3) is 0 Å². The number of carbonyl (C=O) groups is 4. The number of carbonyl (C=O) groups excluding carboxylic acids is 4. The number of hydrogen-bond donors (Lipinski definition) is 2. The summed E-state index contributed by atoms with van der Waals surface area (Å²) in [5, 5.41) is 13.0. The van der Waals surface area contributed by atoms with Crippen LogP contribution in [0, 0.1) is 23.0 Å². The number of halogens is 2. The fourth-order valence-electron chi connectivity index (χ4n) is 4.44. The molecule has 1 atom stereocenters. The van der Waals surface area contributed by atoms with Gasteiger partial charge in [0.15, 0.2) is 23.6 Å². The van der Waals surface area contributed by atoms with Gasteiger partial charge in [-0.1, -0.05) is 0 Å². The zero-order valence-corrected chi connectivity index (χ0v) is 25.6. The Labute approximate surface area is 259 Å². The average Bonchev–Trinajstić information content (AvgIpc) is 3.61. The third-order valence-electron chi connectivity index (χ3n) is 6.30. The van der Waals surface area contributed by atoms with Gasteiger partial charge in [-0.2, -0.15) is 5.26 Å². The van der Waals surface area contributed by atoms with E-state index in [1.807, 2.05) is 0 Å². The predicted octanol–water partition coefficient (Wildman–Crippen LogP) is 1.65. The van der Waals surface area contributed by atoms with Gasteiger partial charge >= 0.3 is 6.09 Å². The Bertz CT molecular complexity index is 1420. The molecular formula is C29H37F2N9O5. The monoisotopic (exact) mass is 629 g/mol. The first-order valence-electron chi connectivity index (χ1n) is 13.9. The molecule has 2 N–H and O–H groups in total. The molecule has 3 aromatic rings. The Morgan fingerprint density at radius 3 is 2.31 bits per heavy atom. The Morgan fingerprint density at radius 2 is 1.78 bits per heavy atom. The van der Waals surface area contributed by atoms with E-state index >= 15 is 0 Å². The number of likely N-dealkylation sites (N-methyl/N-ethyl adjacent to an activating group) is 2. The number of amides is 2. The molecule has 2 amide bonds. The van der Waals surface area contributed by atoms with Crippen molar-refractivity contribution in [1.82, 2.24) is 29.9 Å². The minimum Gasteiger partial charge on any atom is -0.443 e. The highest BCUT2D eigenvalue weighted by Gasteiger charge is 2.33. The molecule has 16 heteroatoms. The summed E-state index contributed by atoms with van der Waals surface area (Å²) in [6, 6.07) is 4.06. The number of imidazole rings is 1. The highest BCUT2D eigenvalue weighted by Crippen LogP contribution is 2.31. The van der Waals surface area contributed by atoms with Crippen molar-refractivity contribution in [3.05, 3.63) is 54.2 Å². The molecule has 2 aromatic heterocycles. The van der Waals surface area contributed by atoms with Crippen molar-refractivity contribution in [2.75, 3.05) is 69.7 Å². The summed E-state index contributed by atoms with van der Waals surface area (Å²) in [6.07, 6.45) is 7.12. The first kappa shape index (κ1) is 36.2. The molecule has 1 unspecified atom stereocenters. The van der Waals surface area contributed by atoms with E-state index in [4.69, 9.17) is 14.8 Å². The van der Waals surface area contributed by atoms with Crippen LogP contribution in [-0.2, 0) is 14.3 Å². The van der Waals surface area contributed by atoms with Crippen LogP contribution in [0.5, 0.6) is 0 Å². The highest BCUT2D eigenvalue weighted by molar-refractivity contribution is 5.90. The third-order valence-corrected chi connectivity index (χ3v) is 6.30. The van der Waals surface area contributed by atoms with Gasteiger partial charge in [-0.05, 0) is 21.0 Å². The number of cyclic esters (lactones) is 1. The molecule has 45 heavy (non-hydrogen) atoms. The molecule has 14 nitrogen and oxygen atoms in total. The van der Waals surface area contributed by atoms with Crippen LogP contribution < -0.4 is 20.4 Å². The van der Waals surface area contributed by atoms with Crippen LogP contribution in [0.2, 0.25) is 0 Å². The number of rotatable bonds is 7. The van der Waals surface area contributed by atoms with Crippen LogP contribution in [-0.4, -0.2) is 110 Å². The van der Waals surface area contributed by atoms with E-state index in [0.717, 1.165) is 18.4 Å². The molecule has 2 aliphatic rings. The number of ether oxygens (including phenoxy) is 1. The van der Waals surface area contributed by atoms with Gasteiger partial charge < -0.3 is 34.4 Å². The lowest BCUT2D eigenvalue weighted by atomic mass is 10.2. The van der Waals surface area contributed by atoms with Gasteiger partial charge in [0.2, 0.25) is 5.91 Å². The molecule has 0 bridgehead atoms. The Kier molecular flexibility index (Phi) is 15.0. The summed E-state index contributed by atoms with van der Waals surface area (Å²) in [4.78, 5) is 55.3. The number of fused-ring (bicyclic) bond motifs is 1. The second-order valence-electron chi connectivity index (χ2n) is 9.41. The number of aldehydes is 2. The quantitative estimate of drug-likeness (QED) is 0.365. The van der Waals surface area contributed by atoms with E-state index in [2.05, 4.69) is 20.6 Å². The summed E-state index contributed by atoms with van der Waals surface area (Å²) in [5.41, 5.74) is 1.11. The molecule has 2 saturated heterocycles. The third kappa shape index (κ3) is 10.3. The number of nitrogens with one attached hydrogen (secondary N) is 2. The lowest BCUT2D eigenvalue weighted by Crippen LogP contribution is -2.51. The number of nitriles is 1. The molecule has 1 aromatic carbocycles. The predicted molar refractivity (Wildman–Crippen MR) is 162 cm³/mol. The number of hydrogen-bond acceptors (Lipinski definition) is 11. The standard InChI is InChI=1S/C18H25F2N5O3.C7H5N3O.C2H3N.C2H4O/c1-21-9-13-11-25(18(27)28-13)12-7-14(19)17(15(20)8-12)24-5-3-23(4-6-24)16(26)10-22-2;11-5-6-4-10-2-1-8-3-7(10)9-6;2*1-2-3/h7-8,13,21-22H,3-6,9-11H2,1-2H3;1-5H;1H3;2H,1H3. The minimum atomic E-state index is -0.741. The van der Waals surface area contributed by atoms with E-state index in [-0.39, 0.29) is 36.5 Å². The van der Waals surface area contributed by atoms with Crippen LogP contribution in [0.25, 0.3) is 5.65 Å². The van der Waals surface area contributed by atoms with E-state index in [9.17, 15) is 23.2 Å². The van der Waals surface area contributed by atoms with Gasteiger partial charge in [0.05, 0.1) is 31.0 Å². The molecule has 0 saturated carbocycles. The van der Waals surface area contributed by atoms with Crippen LogP contribution in [0.4, 0.5) is 25.0 Å². The van der Waals surface area contributed by atoms with Crippen molar-refractivity contribution in [2.24, 2.45) is 0 Å². The maximum Gasteiger partial charge on any atom is 0.414 e. The van der Waals surface area contributed by atoms with E-state index in [1.54, 1.807) is 59.2 Å². The fraction of sp³-hybridized carbons (Fsp3) is 0.414. The topological polar surface area (TPSA) is 165 Å². The van der Waals surface area contributed by atoms with Crippen LogP contribution in [0.15, 0.2) is 36.9 Å². The molecule has 5 rings (SSSR count). The van der Waals surface area contributed by atoms with Crippen LogP contribution in [0.3, 0.4) is 0 Å². The SMILES string of the molecule is CC#N.CC=O.CNCC(=O)N1CCN(c2c(F)cc(N3CC(CNC)OC3=O)cc2F)CC1.O=Cc1cn2ccncc2n1. The van der Waals surface area contributed by atoms with Crippen molar-refractivity contribution in [2.45, 2.75) is 20.0 Å². The van der Waals surface area contributed by atoms with Gasteiger partial charge in [-0.25, -0.2) is 18.6 Å². The number of benzene rings is 1. The molecule has 0 spiro atoms. The fourth-order valence-corrected chi connectivity index (χ4v) is 4.44. The van der Waals surface area contributed by atoms with Crippen molar-refractivity contribution in [3.63, 3.8) is 0 Å². The van der Waals surface area contributed by atoms with Crippen LogP contribution >= 0.6 is 0 Å². The summed E-state index contributed by atoms with van der Waals surface area (Å²) < 4.78 is 36.4. The first-order chi connectivity index (χ1) is 21.7. The summed E-state index contributed by atoms with van der Waals surface area (Å²) >= 11 is 0. The highest BCUT2D eigenvalue weighted by atomic mass is 19.1. The van der Waals surface area contributed by atoms with Crippen molar-refractivity contribution in [1.29, 1.82) is 5.26 Å². The summed E-state index contributed by atoms with van der Waals surface area (Å²) in [7, 11) is 3.42. The first-order valence-corrected chi connectivity index (χ1v) is 13.9. The number of piperazine rings is 1. The molecule has 0 aliphatic carbocycles. The van der Waals surface area contributed by atoms with E-state index < -0.39 is 17.7 Å². The molecule has 242 valence electrons. The van der Waals surface area contributed by atoms with Gasteiger partial charge in [-0.15, -0.1) is 0 Å². The normalized spacial score (nSPS) is 15.4. The largest absolute Gasteiger partial charge is 0.443 e. The Morgan fingerprint density at radius 1 is 1.16 bits per heavy atom. The van der Waals surface area contributed by atoms with E-state index in [1.165, 1.54) is 18.7 Å². The van der Waals surface area contributed by atoms with Crippen molar-refractivity contribution < 1.29 is 32.7 Å². The maximum absolute atomic E-state index is 14.7. The second kappa shape index (κ2) is 18.6. The van der Waals surface area contributed by atoms with Gasteiger partial charge in [-0.3, -0.25) is 19.5 Å². The van der Waals surface area contributed by atoms with Gasteiger partial charge in [0, 0.05) is 70.4 Å². The molecule has 0 radical (unpaired) electrons. The summed E-state index contributed by atoms with van der Waals surface area (Å²) in [6.45, 7) is 5.25. The molecule has 4 heterocycles. The van der Waals surface area contributed by atoms with Crippen molar-refractivity contribution in [3.8, 4) is 6.07 Å². The van der Waals surface area contributed by atoms with Gasteiger partial charge in [0.1, 0.15) is 23.8 Å². The summed E-state index contributed by atoms with van der Waals surface area (Å²) in [5.74, 6) is -1.52. The van der Waals surface area contributed by atoms with Crippen LogP contribution in [0.1, 0.15) is 24.3 Å². The molecular weight excluding hydrogens is 592 g/mol. The lowest BCUT2D eigenvalue weighted by molar-refractivity contribution is -0.130. The number of anilines is 2. The minimum absolute atomic E-state index is 0.0397.